The highest BCUT2D eigenvalue weighted by atomic mass is 16.5. The van der Waals surface area contributed by atoms with Crippen LogP contribution in [0.3, 0.4) is 0 Å². The second kappa shape index (κ2) is 8.36. The smallest absolute Gasteiger partial charge is 0.329 e. The molecule has 25 heavy (non-hydrogen) atoms. The number of amides is 2. The van der Waals surface area contributed by atoms with E-state index in [2.05, 4.69) is 10.6 Å². The van der Waals surface area contributed by atoms with Crippen LogP contribution in [-0.4, -0.2) is 44.1 Å². The zero-order valence-corrected chi connectivity index (χ0v) is 14.5. The van der Waals surface area contributed by atoms with Gasteiger partial charge in [0.05, 0.1) is 14.2 Å². The Hall–Kier alpha value is -2.77. The highest BCUT2D eigenvalue weighted by Gasteiger charge is 2.30. The van der Waals surface area contributed by atoms with Gasteiger partial charge in [-0.1, -0.05) is 6.07 Å². The third-order valence-electron chi connectivity index (χ3n) is 3.86. The van der Waals surface area contributed by atoms with Crippen molar-refractivity contribution in [2.75, 3.05) is 14.2 Å². The van der Waals surface area contributed by atoms with Crippen LogP contribution < -0.4 is 20.1 Å². The quantitative estimate of drug-likeness (QED) is 0.696. The molecule has 0 saturated carbocycles. The maximum Gasteiger partial charge on any atom is 0.329 e. The monoisotopic (exact) mass is 350 g/mol. The summed E-state index contributed by atoms with van der Waals surface area (Å²) in [5, 5.41) is 5.20. The molecule has 1 saturated heterocycles. The van der Waals surface area contributed by atoms with E-state index in [1.807, 2.05) is 0 Å². The predicted molar refractivity (Wildman–Crippen MR) is 88.1 cm³/mol. The van der Waals surface area contributed by atoms with Crippen molar-refractivity contribution in [2.45, 2.75) is 38.5 Å². The van der Waals surface area contributed by atoms with Crippen LogP contribution >= 0.6 is 0 Å². The van der Waals surface area contributed by atoms with Crippen LogP contribution in [0.25, 0.3) is 0 Å². The second-order valence-corrected chi connectivity index (χ2v) is 5.65. The molecule has 0 spiro atoms. The second-order valence-electron chi connectivity index (χ2n) is 5.65. The summed E-state index contributed by atoms with van der Waals surface area (Å²) in [6.45, 7) is 1.74. The van der Waals surface area contributed by atoms with Crippen molar-refractivity contribution in [3.05, 3.63) is 23.8 Å². The van der Waals surface area contributed by atoms with E-state index in [1.165, 1.54) is 14.0 Å². The van der Waals surface area contributed by atoms with Crippen molar-refractivity contribution in [3.8, 4) is 11.5 Å². The van der Waals surface area contributed by atoms with E-state index in [9.17, 15) is 14.4 Å². The molecule has 1 fully saturated rings. The molecule has 1 aliphatic heterocycles. The van der Waals surface area contributed by atoms with E-state index < -0.39 is 24.0 Å². The van der Waals surface area contributed by atoms with Gasteiger partial charge in [0.1, 0.15) is 6.04 Å². The van der Waals surface area contributed by atoms with Gasteiger partial charge in [0.2, 0.25) is 5.91 Å². The summed E-state index contributed by atoms with van der Waals surface area (Å²) in [6, 6.07) is 4.62. The van der Waals surface area contributed by atoms with Gasteiger partial charge in [-0.2, -0.15) is 0 Å². The van der Waals surface area contributed by atoms with Gasteiger partial charge >= 0.3 is 5.97 Å². The van der Waals surface area contributed by atoms with E-state index in [1.54, 1.807) is 25.3 Å². The summed E-state index contributed by atoms with van der Waals surface area (Å²) in [7, 11) is 3.08. The van der Waals surface area contributed by atoms with Crippen molar-refractivity contribution >= 4 is 17.8 Å². The van der Waals surface area contributed by atoms with E-state index in [4.69, 9.17) is 14.2 Å². The Morgan fingerprint density at radius 2 is 2.00 bits per heavy atom. The zero-order chi connectivity index (χ0) is 18.4. The first kappa shape index (κ1) is 18.6. The number of esters is 1. The van der Waals surface area contributed by atoms with Crippen LogP contribution in [0.5, 0.6) is 11.5 Å². The van der Waals surface area contributed by atoms with Crippen molar-refractivity contribution in [1.82, 2.24) is 10.6 Å². The van der Waals surface area contributed by atoms with Crippen LogP contribution in [0.2, 0.25) is 0 Å². The van der Waals surface area contributed by atoms with Crippen molar-refractivity contribution in [3.63, 3.8) is 0 Å². The van der Waals surface area contributed by atoms with Crippen molar-refractivity contribution in [2.24, 2.45) is 0 Å². The molecule has 0 unspecified atom stereocenters. The van der Waals surface area contributed by atoms with Gasteiger partial charge in [0.25, 0.3) is 5.91 Å². The van der Waals surface area contributed by atoms with Crippen molar-refractivity contribution < 1.29 is 28.6 Å². The van der Waals surface area contributed by atoms with Crippen LogP contribution in [0, 0.1) is 0 Å². The Bertz CT molecular complexity index is 661. The van der Waals surface area contributed by atoms with Gasteiger partial charge in [-0.05, 0) is 31.0 Å². The average Bonchev–Trinajstić information content (AvgIpc) is 3.05. The Morgan fingerprint density at radius 1 is 1.28 bits per heavy atom. The molecule has 0 aliphatic carbocycles. The van der Waals surface area contributed by atoms with Gasteiger partial charge in [0, 0.05) is 13.0 Å². The van der Waals surface area contributed by atoms with Gasteiger partial charge < -0.3 is 24.8 Å². The predicted octanol–water partition coefficient (Wildman–Crippen LogP) is 0.530. The number of carbonyl (C=O) groups is 3. The van der Waals surface area contributed by atoms with Gasteiger partial charge in [0.15, 0.2) is 17.6 Å². The summed E-state index contributed by atoms with van der Waals surface area (Å²) < 4.78 is 15.5. The van der Waals surface area contributed by atoms with Crippen LogP contribution in [0.4, 0.5) is 0 Å². The summed E-state index contributed by atoms with van der Waals surface area (Å²) >= 11 is 0. The minimum Gasteiger partial charge on any atom is -0.493 e. The summed E-state index contributed by atoms with van der Waals surface area (Å²) in [6.07, 6.45) is -0.276. The molecule has 1 aromatic rings. The molecule has 8 nitrogen and oxygen atoms in total. The lowest BCUT2D eigenvalue weighted by Gasteiger charge is -2.16. The normalized spacial score (nSPS) is 17.4. The number of benzene rings is 1. The first-order chi connectivity index (χ1) is 11.9. The topological polar surface area (TPSA) is 103 Å². The van der Waals surface area contributed by atoms with E-state index in [0.29, 0.717) is 24.3 Å². The molecule has 2 amide bonds. The standard InChI is InChI=1S/C17H22N2O6/c1-10(25-17(22)12-5-7-15(20)19-12)16(21)18-9-11-4-6-13(23-2)14(8-11)24-3/h4,6,8,10,12H,5,7,9H2,1-3H3,(H,18,21)(H,19,20)/t10-,12+/m0/s1. The van der Waals surface area contributed by atoms with Gasteiger partial charge in [-0.25, -0.2) is 4.79 Å². The molecule has 0 bridgehead atoms. The lowest BCUT2D eigenvalue weighted by molar-refractivity contribution is -0.156. The Balaban J connectivity index is 1.85. The molecule has 1 heterocycles. The van der Waals surface area contributed by atoms with E-state index in [0.717, 1.165) is 5.56 Å². The Morgan fingerprint density at radius 3 is 2.60 bits per heavy atom. The molecule has 136 valence electrons. The maximum absolute atomic E-state index is 12.1. The van der Waals surface area contributed by atoms with Crippen LogP contribution in [-0.2, 0) is 25.7 Å². The molecule has 1 aromatic carbocycles. The fourth-order valence-electron chi connectivity index (χ4n) is 2.42. The van der Waals surface area contributed by atoms with Crippen molar-refractivity contribution in [1.29, 1.82) is 0 Å². The number of hydrogen-bond acceptors (Lipinski definition) is 6. The third-order valence-corrected chi connectivity index (χ3v) is 3.86. The molecule has 0 aromatic heterocycles. The average molecular weight is 350 g/mol. The highest BCUT2D eigenvalue weighted by Crippen LogP contribution is 2.27. The summed E-state index contributed by atoms with van der Waals surface area (Å²) in [5.41, 5.74) is 0.813. The molecule has 0 radical (unpaired) electrons. The number of ether oxygens (including phenoxy) is 3. The Labute approximate surface area is 145 Å². The number of carbonyl (C=O) groups excluding carboxylic acids is 3. The number of methoxy groups -OCH3 is 2. The summed E-state index contributed by atoms with van der Waals surface area (Å²) in [5.74, 6) is -0.0521. The van der Waals surface area contributed by atoms with E-state index in [-0.39, 0.29) is 12.5 Å². The molecule has 2 rings (SSSR count). The van der Waals surface area contributed by atoms with E-state index >= 15 is 0 Å². The fraction of sp³-hybridized carbons (Fsp3) is 0.471. The fourth-order valence-corrected chi connectivity index (χ4v) is 2.42. The molecule has 2 N–H and O–H groups in total. The highest BCUT2D eigenvalue weighted by molar-refractivity contribution is 5.90. The Kier molecular flexibility index (Phi) is 6.21. The first-order valence-electron chi connectivity index (χ1n) is 7.93. The lowest BCUT2D eigenvalue weighted by Crippen LogP contribution is -2.41. The minimum absolute atomic E-state index is 0.187. The van der Waals surface area contributed by atoms with Crippen LogP contribution in [0.1, 0.15) is 25.3 Å². The molecule has 8 heteroatoms. The largest absolute Gasteiger partial charge is 0.493 e. The molecular weight excluding hydrogens is 328 g/mol. The molecular formula is C17H22N2O6. The molecule has 1 aliphatic rings. The SMILES string of the molecule is COc1ccc(CNC(=O)[C@H](C)OC(=O)[C@H]2CCC(=O)N2)cc1OC. The van der Waals surface area contributed by atoms with Gasteiger partial charge in [-0.3, -0.25) is 9.59 Å². The number of rotatable bonds is 7. The number of hydrogen-bond donors (Lipinski definition) is 2. The minimum atomic E-state index is -0.954. The zero-order valence-electron chi connectivity index (χ0n) is 14.5. The van der Waals surface area contributed by atoms with Gasteiger partial charge in [-0.15, -0.1) is 0 Å². The third kappa shape index (κ3) is 4.85. The first-order valence-corrected chi connectivity index (χ1v) is 7.93. The lowest BCUT2D eigenvalue weighted by atomic mass is 10.2. The van der Waals surface area contributed by atoms with Crippen LogP contribution in [0.15, 0.2) is 18.2 Å². The maximum atomic E-state index is 12.1. The molecule has 2 atom stereocenters. The number of nitrogens with one attached hydrogen (secondary N) is 2. The summed E-state index contributed by atoms with van der Waals surface area (Å²) in [4.78, 5) is 35.1.